The third-order valence-corrected chi connectivity index (χ3v) is 4.44. The molecular formula is C16H21F2NO. The van der Waals surface area contributed by atoms with Crippen molar-refractivity contribution in [1.82, 2.24) is 5.32 Å². The zero-order valence-corrected chi connectivity index (χ0v) is 11.6. The van der Waals surface area contributed by atoms with E-state index in [2.05, 4.69) is 5.32 Å². The standard InChI is InChI=1S/C16H21F2NO/c17-13-5-6-15(14(9-13)12-3-1-2-4-12)20-11-16(18)7-8-19-10-16/h5-6,9,12,19H,1-4,7-8,10-11H2. The average Bonchev–Trinajstić information content (AvgIpc) is 3.09. The number of rotatable bonds is 4. The number of alkyl halides is 1. The number of benzene rings is 1. The van der Waals surface area contributed by atoms with Gasteiger partial charge in [0.1, 0.15) is 18.2 Å². The molecule has 3 rings (SSSR count). The molecule has 110 valence electrons. The van der Waals surface area contributed by atoms with Crippen molar-refractivity contribution in [2.45, 2.75) is 43.7 Å². The Labute approximate surface area is 118 Å². The van der Waals surface area contributed by atoms with E-state index in [0.29, 0.717) is 31.2 Å². The van der Waals surface area contributed by atoms with Crippen LogP contribution < -0.4 is 10.1 Å². The topological polar surface area (TPSA) is 21.3 Å². The van der Waals surface area contributed by atoms with Crippen LogP contribution in [0.1, 0.15) is 43.6 Å². The molecule has 1 aromatic rings. The molecule has 1 N–H and O–H groups in total. The molecule has 1 heterocycles. The molecule has 1 saturated heterocycles. The van der Waals surface area contributed by atoms with E-state index in [-0.39, 0.29) is 12.4 Å². The van der Waals surface area contributed by atoms with Crippen molar-refractivity contribution >= 4 is 0 Å². The highest BCUT2D eigenvalue weighted by atomic mass is 19.1. The van der Waals surface area contributed by atoms with Crippen molar-refractivity contribution in [2.75, 3.05) is 19.7 Å². The van der Waals surface area contributed by atoms with Crippen LogP contribution in [0, 0.1) is 5.82 Å². The lowest BCUT2D eigenvalue weighted by molar-refractivity contribution is 0.102. The van der Waals surface area contributed by atoms with Crippen molar-refractivity contribution in [3.05, 3.63) is 29.6 Å². The summed E-state index contributed by atoms with van der Waals surface area (Å²) in [5, 5.41) is 3.01. The third kappa shape index (κ3) is 2.95. The number of halogens is 2. The summed E-state index contributed by atoms with van der Waals surface area (Å²) in [5.74, 6) is 0.775. The minimum absolute atomic E-state index is 0.0470. The van der Waals surface area contributed by atoms with E-state index in [4.69, 9.17) is 4.74 Å². The molecule has 0 radical (unpaired) electrons. The summed E-state index contributed by atoms with van der Waals surface area (Å²) in [6.07, 6.45) is 4.98. The van der Waals surface area contributed by atoms with Gasteiger partial charge in [-0.15, -0.1) is 0 Å². The van der Waals surface area contributed by atoms with Gasteiger partial charge in [0.15, 0.2) is 5.67 Å². The molecule has 0 bridgehead atoms. The average molecular weight is 281 g/mol. The summed E-state index contributed by atoms with van der Waals surface area (Å²) in [6, 6.07) is 4.60. The fourth-order valence-electron chi connectivity index (χ4n) is 3.25. The van der Waals surface area contributed by atoms with Crippen molar-refractivity contribution in [2.24, 2.45) is 0 Å². The quantitative estimate of drug-likeness (QED) is 0.911. The summed E-state index contributed by atoms with van der Waals surface area (Å²) in [6.45, 7) is 1.08. The zero-order valence-electron chi connectivity index (χ0n) is 11.6. The smallest absolute Gasteiger partial charge is 0.158 e. The summed E-state index contributed by atoms with van der Waals surface area (Å²) >= 11 is 0. The summed E-state index contributed by atoms with van der Waals surface area (Å²) in [4.78, 5) is 0. The van der Waals surface area contributed by atoms with Gasteiger partial charge in [0.05, 0.1) is 0 Å². The van der Waals surface area contributed by atoms with Gasteiger partial charge in [0.25, 0.3) is 0 Å². The van der Waals surface area contributed by atoms with Gasteiger partial charge >= 0.3 is 0 Å². The molecule has 2 fully saturated rings. The first-order valence-corrected chi connectivity index (χ1v) is 7.48. The van der Waals surface area contributed by atoms with Crippen LogP contribution >= 0.6 is 0 Å². The van der Waals surface area contributed by atoms with E-state index in [9.17, 15) is 8.78 Å². The molecule has 1 saturated carbocycles. The highest BCUT2D eigenvalue weighted by Gasteiger charge is 2.35. The monoisotopic (exact) mass is 281 g/mol. The van der Waals surface area contributed by atoms with Gasteiger partial charge in [-0.2, -0.15) is 0 Å². The predicted molar refractivity (Wildman–Crippen MR) is 74.4 cm³/mol. The van der Waals surface area contributed by atoms with Gasteiger partial charge < -0.3 is 10.1 Å². The maximum Gasteiger partial charge on any atom is 0.158 e. The molecule has 1 unspecified atom stereocenters. The molecule has 0 amide bonds. The van der Waals surface area contributed by atoms with Gasteiger partial charge in [0.2, 0.25) is 0 Å². The Morgan fingerprint density at radius 2 is 2.10 bits per heavy atom. The maximum absolute atomic E-state index is 14.3. The number of nitrogens with one attached hydrogen (secondary N) is 1. The van der Waals surface area contributed by atoms with Crippen LogP contribution in [0.2, 0.25) is 0 Å². The molecule has 1 aromatic carbocycles. The van der Waals surface area contributed by atoms with Crippen LogP contribution in [0.25, 0.3) is 0 Å². The Hall–Kier alpha value is -1.16. The van der Waals surface area contributed by atoms with Crippen LogP contribution in [0.4, 0.5) is 8.78 Å². The van der Waals surface area contributed by atoms with Gasteiger partial charge in [-0.1, -0.05) is 12.8 Å². The van der Waals surface area contributed by atoms with E-state index >= 15 is 0 Å². The Kier molecular flexibility index (Phi) is 3.92. The maximum atomic E-state index is 14.3. The van der Waals surface area contributed by atoms with E-state index in [1.807, 2.05) is 0 Å². The second kappa shape index (κ2) is 5.68. The molecule has 0 spiro atoms. The molecule has 1 aliphatic heterocycles. The number of hydrogen-bond acceptors (Lipinski definition) is 2. The predicted octanol–water partition coefficient (Wildman–Crippen LogP) is 3.56. The number of ether oxygens (including phenoxy) is 1. The van der Waals surface area contributed by atoms with Crippen LogP contribution in [-0.2, 0) is 0 Å². The largest absolute Gasteiger partial charge is 0.490 e. The Bertz CT molecular complexity index is 466. The first kappa shape index (κ1) is 13.8. The fourth-order valence-corrected chi connectivity index (χ4v) is 3.25. The summed E-state index contributed by atoms with van der Waals surface area (Å²) in [7, 11) is 0. The molecule has 0 aromatic heterocycles. The normalized spacial score (nSPS) is 27.1. The lowest BCUT2D eigenvalue weighted by Gasteiger charge is -2.21. The van der Waals surface area contributed by atoms with E-state index < -0.39 is 5.67 Å². The van der Waals surface area contributed by atoms with Crippen molar-refractivity contribution in [3.8, 4) is 5.75 Å². The Balaban J connectivity index is 1.74. The van der Waals surface area contributed by atoms with Gasteiger partial charge in [-0.3, -0.25) is 0 Å². The van der Waals surface area contributed by atoms with E-state index in [1.54, 1.807) is 12.1 Å². The fraction of sp³-hybridized carbons (Fsp3) is 0.625. The van der Waals surface area contributed by atoms with Gasteiger partial charge in [-0.25, -0.2) is 8.78 Å². The SMILES string of the molecule is Fc1ccc(OCC2(F)CCNC2)c(C2CCCC2)c1. The minimum atomic E-state index is -1.29. The highest BCUT2D eigenvalue weighted by Crippen LogP contribution is 2.39. The van der Waals surface area contributed by atoms with Crippen molar-refractivity contribution < 1.29 is 13.5 Å². The minimum Gasteiger partial charge on any atom is -0.490 e. The lowest BCUT2D eigenvalue weighted by atomic mass is 9.96. The number of hydrogen-bond donors (Lipinski definition) is 1. The van der Waals surface area contributed by atoms with E-state index in [0.717, 1.165) is 18.4 Å². The highest BCUT2D eigenvalue weighted by molar-refractivity contribution is 5.37. The molecule has 1 atom stereocenters. The third-order valence-electron chi connectivity index (χ3n) is 4.44. The molecule has 2 aliphatic rings. The summed E-state index contributed by atoms with van der Waals surface area (Å²) < 4.78 is 33.5. The first-order chi connectivity index (χ1) is 9.66. The molecule has 20 heavy (non-hydrogen) atoms. The molecule has 2 nitrogen and oxygen atoms in total. The zero-order chi connectivity index (χ0) is 14.0. The molecular weight excluding hydrogens is 260 g/mol. The van der Waals surface area contributed by atoms with Gasteiger partial charge in [0, 0.05) is 12.1 Å². The van der Waals surface area contributed by atoms with Crippen LogP contribution in [-0.4, -0.2) is 25.4 Å². The molecule has 1 aliphatic carbocycles. The Morgan fingerprint density at radius 1 is 1.30 bits per heavy atom. The lowest BCUT2D eigenvalue weighted by Crippen LogP contribution is -2.33. The Morgan fingerprint density at radius 3 is 2.80 bits per heavy atom. The first-order valence-electron chi connectivity index (χ1n) is 7.48. The van der Waals surface area contributed by atoms with Crippen LogP contribution in [0.3, 0.4) is 0 Å². The second-order valence-corrected chi connectivity index (χ2v) is 6.03. The summed E-state index contributed by atoms with van der Waals surface area (Å²) in [5.41, 5.74) is -0.376. The van der Waals surface area contributed by atoms with Crippen molar-refractivity contribution in [1.29, 1.82) is 0 Å². The van der Waals surface area contributed by atoms with E-state index in [1.165, 1.54) is 18.9 Å². The molecule has 4 heteroatoms. The van der Waals surface area contributed by atoms with Crippen molar-refractivity contribution in [3.63, 3.8) is 0 Å². The second-order valence-electron chi connectivity index (χ2n) is 6.03. The van der Waals surface area contributed by atoms with Crippen LogP contribution in [0.15, 0.2) is 18.2 Å². The van der Waals surface area contributed by atoms with Crippen LogP contribution in [0.5, 0.6) is 5.75 Å². The van der Waals surface area contributed by atoms with Gasteiger partial charge in [-0.05, 0) is 49.9 Å².